The topological polar surface area (TPSA) is 45.2 Å². The van der Waals surface area contributed by atoms with Crippen LogP contribution in [0.15, 0.2) is 48.5 Å². The number of alkyl halides is 1. The van der Waals surface area contributed by atoms with Crippen molar-refractivity contribution in [3.05, 3.63) is 54.1 Å². The van der Waals surface area contributed by atoms with Gasteiger partial charge in [0, 0.05) is 32.7 Å². The van der Waals surface area contributed by atoms with Crippen LogP contribution in [0.5, 0.6) is 11.5 Å². The van der Waals surface area contributed by atoms with Gasteiger partial charge in [-0.1, -0.05) is 24.3 Å². The Balaban J connectivity index is 1.58. The predicted octanol–water partition coefficient (Wildman–Crippen LogP) is 2.91. The fourth-order valence-corrected chi connectivity index (χ4v) is 3.23. The highest BCUT2D eigenvalue weighted by Gasteiger charge is 2.19. The van der Waals surface area contributed by atoms with Gasteiger partial charge in [-0.15, -0.1) is 0 Å². The fraction of sp³-hybridized carbons (Fsp3) is 0.368. The lowest BCUT2D eigenvalue weighted by molar-refractivity contribution is 0.0553. The van der Waals surface area contributed by atoms with Crippen molar-refractivity contribution in [3.63, 3.8) is 0 Å². The first-order valence-electron chi connectivity index (χ1n) is 8.34. The Hall–Kier alpha value is -1.95. The average Bonchev–Trinajstić information content (AvgIpc) is 2.62. The van der Waals surface area contributed by atoms with Crippen molar-refractivity contribution in [3.8, 4) is 11.5 Å². The third kappa shape index (κ3) is 4.78. The third-order valence-corrected chi connectivity index (χ3v) is 4.43. The summed E-state index contributed by atoms with van der Waals surface area (Å²) in [5.41, 5.74) is 2.29. The number of para-hydroxylation sites is 2. The third-order valence-electron chi connectivity index (χ3n) is 4.34. The van der Waals surface area contributed by atoms with E-state index in [1.54, 1.807) is 13.2 Å². The monoisotopic (exact) mass is 362 g/mol. The Bertz CT molecular complexity index is 688. The second kappa shape index (κ2) is 8.43. The maximum Gasteiger partial charge on any atom is 0.277 e. The standard InChI is InChI=1S/C19H23ClN2O3/c1-24-18-8-3-2-7-17(18)22-11-9-21(10-12-22)14-15-5-4-6-16(13-15)25-19(20)23/h2-8,13,19,23H,9-12,14H2,1H3. The number of nitrogens with zero attached hydrogens (tertiary/aromatic N) is 2. The van der Waals surface area contributed by atoms with Crippen LogP contribution in [0.3, 0.4) is 0 Å². The minimum absolute atomic E-state index is 0.577. The summed E-state index contributed by atoms with van der Waals surface area (Å²) in [5, 5.41) is 9.12. The van der Waals surface area contributed by atoms with Gasteiger partial charge in [-0.2, -0.15) is 0 Å². The number of methoxy groups -OCH3 is 1. The Morgan fingerprint density at radius 3 is 2.56 bits per heavy atom. The quantitative estimate of drug-likeness (QED) is 0.632. The van der Waals surface area contributed by atoms with E-state index in [4.69, 9.17) is 26.2 Å². The van der Waals surface area contributed by atoms with Crippen molar-refractivity contribution >= 4 is 17.3 Å². The summed E-state index contributed by atoms with van der Waals surface area (Å²) in [6.07, 6.45) is 0. The first kappa shape index (κ1) is 17.9. The maximum atomic E-state index is 9.12. The lowest BCUT2D eigenvalue weighted by Crippen LogP contribution is -2.46. The number of piperazine rings is 1. The molecule has 3 rings (SSSR count). The lowest BCUT2D eigenvalue weighted by Gasteiger charge is -2.36. The number of hydrogen-bond acceptors (Lipinski definition) is 5. The van der Waals surface area contributed by atoms with E-state index in [9.17, 15) is 0 Å². The van der Waals surface area contributed by atoms with Gasteiger partial charge < -0.3 is 19.5 Å². The molecular weight excluding hydrogens is 340 g/mol. The van der Waals surface area contributed by atoms with Gasteiger partial charge in [0.15, 0.2) is 0 Å². The molecule has 1 aliphatic heterocycles. The molecule has 1 heterocycles. The molecule has 25 heavy (non-hydrogen) atoms. The highest BCUT2D eigenvalue weighted by atomic mass is 35.5. The molecule has 1 fully saturated rings. The normalized spacial score (nSPS) is 16.5. The van der Waals surface area contributed by atoms with Crippen molar-refractivity contribution in [2.24, 2.45) is 0 Å². The number of benzene rings is 2. The highest BCUT2D eigenvalue weighted by Crippen LogP contribution is 2.28. The number of anilines is 1. The van der Waals surface area contributed by atoms with Crippen LogP contribution in [0.4, 0.5) is 5.69 Å². The number of hydrogen-bond donors (Lipinski definition) is 1. The summed E-state index contributed by atoms with van der Waals surface area (Å²) in [5.74, 6) is 0.174. The van der Waals surface area contributed by atoms with Gasteiger partial charge in [-0.3, -0.25) is 4.90 Å². The summed E-state index contributed by atoms with van der Waals surface area (Å²) < 4.78 is 10.6. The van der Waals surface area contributed by atoms with Crippen LogP contribution in [-0.2, 0) is 6.54 Å². The fourth-order valence-electron chi connectivity index (χ4n) is 3.13. The number of rotatable bonds is 6. The highest BCUT2D eigenvalue weighted by molar-refractivity contribution is 6.18. The summed E-state index contributed by atoms with van der Waals surface area (Å²) in [6.45, 7) is 4.70. The minimum Gasteiger partial charge on any atom is -0.495 e. The van der Waals surface area contributed by atoms with E-state index in [0.717, 1.165) is 49.7 Å². The molecule has 1 aliphatic rings. The molecule has 0 saturated carbocycles. The van der Waals surface area contributed by atoms with Gasteiger partial charge >= 0.3 is 0 Å². The molecule has 0 aliphatic carbocycles. The Morgan fingerprint density at radius 2 is 1.84 bits per heavy atom. The zero-order valence-electron chi connectivity index (χ0n) is 14.3. The molecule has 0 radical (unpaired) electrons. The van der Waals surface area contributed by atoms with Gasteiger partial charge in [0.2, 0.25) is 0 Å². The van der Waals surface area contributed by atoms with E-state index in [1.807, 2.05) is 30.3 Å². The van der Waals surface area contributed by atoms with Crippen molar-refractivity contribution in [2.45, 2.75) is 12.3 Å². The molecule has 0 bridgehead atoms. The zero-order chi connectivity index (χ0) is 17.6. The molecule has 5 nitrogen and oxygen atoms in total. The molecule has 0 aromatic heterocycles. The number of ether oxygens (including phenoxy) is 2. The molecule has 1 unspecified atom stereocenters. The molecule has 0 amide bonds. The van der Waals surface area contributed by atoms with Crippen molar-refractivity contribution in [1.82, 2.24) is 4.90 Å². The van der Waals surface area contributed by atoms with E-state index in [2.05, 4.69) is 21.9 Å². The Labute approximate surface area is 153 Å². The number of halogens is 1. The smallest absolute Gasteiger partial charge is 0.277 e. The average molecular weight is 363 g/mol. The summed E-state index contributed by atoms with van der Waals surface area (Å²) >= 11 is 5.46. The van der Waals surface area contributed by atoms with Gasteiger partial charge in [-0.05, 0) is 41.4 Å². The van der Waals surface area contributed by atoms with Crippen molar-refractivity contribution < 1.29 is 14.6 Å². The summed E-state index contributed by atoms with van der Waals surface area (Å²) in [4.78, 5) is 4.76. The van der Waals surface area contributed by atoms with E-state index in [0.29, 0.717) is 5.75 Å². The summed E-state index contributed by atoms with van der Waals surface area (Å²) in [7, 11) is 1.71. The van der Waals surface area contributed by atoms with E-state index < -0.39 is 5.75 Å². The molecule has 1 N–H and O–H groups in total. The molecule has 1 saturated heterocycles. The Morgan fingerprint density at radius 1 is 1.08 bits per heavy atom. The van der Waals surface area contributed by atoms with Crippen LogP contribution in [0.1, 0.15) is 5.56 Å². The van der Waals surface area contributed by atoms with Gasteiger partial charge in [0.1, 0.15) is 11.5 Å². The van der Waals surface area contributed by atoms with E-state index >= 15 is 0 Å². The lowest BCUT2D eigenvalue weighted by atomic mass is 10.1. The predicted molar refractivity (Wildman–Crippen MR) is 99.4 cm³/mol. The van der Waals surface area contributed by atoms with Crippen LogP contribution in [-0.4, -0.2) is 49.0 Å². The number of aliphatic hydroxyl groups is 1. The minimum atomic E-state index is -1.32. The van der Waals surface area contributed by atoms with Gasteiger partial charge in [-0.25, -0.2) is 0 Å². The van der Waals surface area contributed by atoms with Crippen LogP contribution >= 0.6 is 11.6 Å². The molecule has 1 atom stereocenters. The van der Waals surface area contributed by atoms with E-state index in [1.165, 1.54) is 0 Å². The van der Waals surface area contributed by atoms with Gasteiger partial charge in [0.05, 0.1) is 12.8 Å². The molecule has 0 spiro atoms. The molecule has 2 aromatic carbocycles. The molecular formula is C19H23ClN2O3. The largest absolute Gasteiger partial charge is 0.495 e. The Kier molecular flexibility index (Phi) is 6.02. The SMILES string of the molecule is COc1ccccc1N1CCN(Cc2cccc(OC(O)Cl)c2)CC1. The zero-order valence-corrected chi connectivity index (χ0v) is 15.0. The van der Waals surface area contributed by atoms with Crippen LogP contribution in [0.2, 0.25) is 0 Å². The molecule has 134 valence electrons. The van der Waals surface area contributed by atoms with Crippen molar-refractivity contribution in [1.29, 1.82) is 0 Å². The first-order chi connectivity index (χ1) is 12.2. The maximum absolute atomic E-state index is 9.12. The first-order valence-corrected chi connectivity index (χ1v) is 8.77. The van der Waals surface area contributed by atoms with E-state index in [-0.39, 0.29) is 0 Å². The van der Waals surface area contributed by atoms with Crippen LogP contribution < -0.4 is 14.4 Å². The number of aliphatic hydroxyl groups excluding tert-OH is 1. The van der Waals surface area contributed by atoms with Crippen molar-refractivity contribution in [2.75, 3.05) is 38.2 Å². The van der Waals surface area contributed by atoms with Crippen LogP contribution in [0.25, 0.3) is 0 Å². The second-order valence-electron chi connectivity index (χ2n) is 5.99. The molecule has 6 heteroatoms. The molecule has 2 aromatic rings. The second-order valence-corrected chi connectivity index (χ2v) is 6.37. The van der Waals surface area contributed by atoms with Gasteiger partial charge in [0.25, 0.3) is 5.75 Å². The summed E-state index contributed by atoms with van der Waals surface area (Å²) in [6, 6.07) is 15.8. The van der Waals surface area contributed by atoms with Crippen LogP contribution in [0, 0.1) is 0 Å².